The van der Waals surface area contributed by atoms with Crippen LogP contribution in [-0.2, 0) is 4.79 Å². The van der Waals surface area contributed by atoms with E-state index in [0.717, 1.165) is 5.56 Å². The molecule has 1 amide bonds. The summed E-state index contributed by atoms with van der Waals surface area (Å²) in [6.07, 6.45) is 1.11. The summed E-state index contributed by atoms with van der Waals surface area (Å²) >= 11 is 0. The third kappa shape index (κ3) is 4.70. The minimum Gasteiger partial charge on any atom is -0.484 e. The van der Waals surface area contributed by atoms with Gasteiger partial charge in [0.1, 0.15) is 5.75 Å². The van der Waals surface area contributed by atoms with Gasteiger partial charge in [0.15, 0.2) is 6.61 Å². The highest BCUT2D eigenvalue weighted by Gasteiger charge is 2.03. The lowest BCUT2D eigenvalue weighted by molar-refractivity contribution is -0.122. The summed E-state index contributed by atoms with van der Waals surface area (Å²) in [6.45, 7) is 5.60. The van der Waals surface area contributed by atoms with Gasteiger partial charge in [-0.05, 0) is 24.6 Å². The van der Waals surface area contributed by atoms with Crippen LogP contribution >= 0.6 is 0 Å². The van der Waals surface area contributed by atoms with Crippen LogP contribution in [0, 0.1) is 0 Å². The highest BCUT2D eigenvalue weighted by Crippen LogP contribution is 2.16. The van der Waals surface area contributed by atoms with Crippen LogP contribution in [0.4, 0.5) is 0 Å². The van der Waals surface area contributed by atoms with Crippen LogP contribution < -0.4 is 10.1 Å². The minimum absolute atomic E-state index is 0.0259. The molecule has 0 saturated heterocycles. The van der Waals surface area contributed by atoms with Crippen molar-refractivity contribution in [3.63, 3.8) is 0 Å². The summed E-state index contributed by atoms with van der Waals surface area (Å²) in [7, 11) is 0. The van der Waals surface area contributed by atoms with Gasteiger partial charge in [-0.15, -0.1) is 6.58 Å². The highest BCUT2D eigenvalue weighted by molar-refractivity contribution is 5.77. The Morgan fingerprint density at radius 3 is 2.71 bits per heavy atom. The second kappa shape index (κ2) is 6.70. The van der Waals surface area contributed by atoms with Crippen molar-refractivity contribution in [2.45, 2.75) is 13.0 Å². The number of rotatable bonds is 6. The first kappa shape index (κ1) is 13.3. The lowest BCUT2D eigenvalue weighted by Gasteiger charge is -2.08. The Bertz CT molecular complexity index is 371. The summed E-state index contributed by atoms with van der Waals surface area (Å²) in [6, 6.07) is 6.98. The van der Waals surface area contributed by atoms with Crippen LogP contribution in [0.2, 0.25) is 0 Å². The third-order valence-corrected chi connectivity index (χ3v) is 2.18. The summed E-state index contributed by atoms with van der Waals surface area (Å²) in [4.78, 5) is 11.2. The molecule has 4 nitrogen and oxygen atoms in total. The minimum atomic E-state index is -0.500. The normalized spacial score (nSPS) is 11.6. The van der Waals surface area contributed by atoms with Crippen LogP contribution in [0.15, 0.2) is 36.9 Å². The third-order valence-electron chi connectivity index (χ3n) is 2.18. The number of hydrogen-bond donors (Lipinski definition) is 2. The predicted molar refractivity (Wildman–Crippen MR) is 65.8 cm³/mol. The van der Waals surface area contributed by atoms with Crippen LogP contribution in [-0.4, -0.2) is 24.2 Å². The lowest BCUT2D eigenvalue weighted by Crippen LogP contribution is -2.28. The molecule has 0 saturated carbocycles. The number of amides is 1. The zero-order valence-corrected chi connectivity index (χ0v) is 9.85. The standard InChI is InChI=1S/C13H17NO3/c1-3-8-14-13(16)9-17-12-6-4-11(5-7-12)10(2)15/h3-7,10,15H,1,8-9H2,2H3,(H,14,16). The largest absolute Gasteiger partial charge is 0.484 e. The van der Waals surface area contributed by atoms with Gasteiger partial charge >= 0.3 is 0 Å². The summed E-state index contributed by atoms with van der Waals surface area (Å²) in [5.41, 5.74) is 0.813. The van der Waals surface area contributed by atoms with Crippen molar-refractivity contribution in [1.29, 1.82) is 0 Å². The molecule has 0 fully saturated rings. The Balaban J connectivity index is 2.41. The Labute approximate surface area is 101 Å². The van der Waals surface area contributed by atoms with Crippen LogP contribution in [0.25, 0.3) is 0 Å². The number of carbonyl (C=O) groups excluding carboxylic acids is 1. The van der Waals surface area contributed by atoms with Crippen LogP contribution in [0.5, 0.6) is 5.75 Å². The number of carbonyl (C=O) groups is 1. The summed E-state index contributed by atoms with van der Waals surface area (Å²) in [5, 5.41) is 11.9. The summed E-state index contributed by atoms with van der Waals surface area (Å²) in [5.74, 6) is 0.410. The quantitative estimate of drug-likeness (QED) is 0.733. The van der Waals surface area contributed by atoms with Gasteiger partial charge in [-0.1, -0.05) is 18.2 Å². The average Bonchev–Trinajstić information content (AvgIpc) is 2.34. The fourth-order valence-electron chi connectivity index (χ4n) is 1.23. The van der Waals surface area contributed by atoms with Crippen LogP contribution in [0.3, 0.4) is 0 Å². The first-order valence-electron chi connectivity index (χ1n) is 5.42. The number of hydrogen-bond acceptors (Lipinski definition) is 3. The second-order valence-corrected chi connectivity index (χ2v) is 3.63. The smallest absolute Gasteiger partial charge is 0.258 e. The first-order chi connectivity index (χ1) is 8.13. The fourth-order valence-corrected chi connectivity index (χ4v) is 1.23. The number of ether oxygens (including phenoxy) is 1. The Kier molecular flexibility index (Phi) is 5.23. The Morgan fingerprint density at radius 2 is 2.18 bits per heavy atom. The SMILES string of the molecule is C=CCNC(=O)COc1ccc(C(C)O)cc1. The maximum atomic E-state index is 11.2. The molecule has 92 valence electrons. The van der Waals surface area contributed by atoms with E-state index in [0.29, 0.717) is 12.3 Å². The van der Waals surface area contributed by atoms with Crippen molar-refractivity contribution < 1.29 is 14.6 Å². The molecule has 1 rings (SSSR count). The molecule has 17 heavy (non-hydrogen) atoms. The van der Waals surface area contributed by atoms with Gasteiger partial charge in [-0.2, -0.15) is 0 Å². The maximum Gasteiger partial charge on any atom is 0.258 e. The van der Waals surface area contributed by atoms with E-state index in [1.54, 1.807) is 37.3 Å². The number of aliphatic hydroxyl groups excluding tert-OH is 1. The van der Waals surface area contributed by atoms with E-state index in [9.17, 15) is 9.90 Å². The van der Waals surface area contributed by atoms with Gasteiger partial charge in [0.25, 0.3) is 5.91 Å². The molecule has 4 heteroatoms. The molecule has 0 heterocycles. The molecule has 0 aromatic heterocycles. The fraction of sp³-hybridized carbons (Fsp3) is 0.308. The van der Waals surface area contributed by atoms with Gasteiger partial charge in [0.2, 0.25) is 0 Å². The van der Waals surface area contributed by atoms with E-state index in [-0.39, 0.29) is 12.5 Å². The number of aliphatic hydroxyl groups is 1. The molecular formula is C13H17NO3. The molecule has 0 bridgehead atoms. The van der Waals surface area contributed by atoms with E-state index in [2.05, 4.69) is 11.9 Å². The average molecular weight is 235 g/mol. The van der Waals surface area contributed by atoms with E-state index >= 15 is 0 Å². The topological polar surface area (TPSA) is 58.6 Å². The Morgan fingerprint density at radius 1 is 1.53 bits per heavy atom. The van der Waals surface area contributed by atoms with E-state index in [1.165, 1.54) is 0 Å². The number of benzene rings is 1. The van der Waals surface area contributed by atoms with Gasteiger partial charge < -0.3 is 15.2 Å². The van der Waals surface area contributed by atoms with Gasteiger partial charge in [-0.3, -0.25) is 4.79 Å². The molecule has 0 spiro atoms. The van der Waals surface area contributed by atoms with Crippen molar-refractivity contribution in [3.8, 4) is 5.75 Å². The lowest BCUT2D eigenvalue weighted by atomic mass is 10.1. The van der Waals surface area contributed by atoms with Gasteiger partial charge in [0.05, 0.1) is 6.10 Å². The molecule has 1 aromatic rings. The maximum absolute atomic E-state index is 11.2. The van der Waals surface area contributed by atoms with E-state index in [1.807, 2.05) is 0 Å². The van der Waals surface area contributed by atoms with E-state index in [4.69, 9.17) is 4.74 Å². The first-order valence-corrected chi connectivity index (χ1v) is 5.42. The Hall–Kier alpha value is -1.81. The number of nitrogens with one attached hydrogen (secondary N) is 1. The van der Waals surface area contributed by atoms with Gasteiger partial charge in [-0.25, -0.2) is 0 Å². The van der Waals surface area contributed by atoms with Gasteiger partial charge in [0, 0.05) is 6.54 Å². The van der Waals surface area contributed by atoms with Crippen molar-refractivity contribution >= 4 is 5.91 Å². The summed E-state index contributed by atoms with van der Waals surface area (Å²) < 4.78 is 5.27. The van der Waals surface area contributed by atoms with Crippen molar-refractivity contribution in [1.82, 2.24) is 5.32 Å². The molecule has 0 radical (unpaired) electrons. The van der Waals surface area contributed by atoms with Crippen LogP contribution in [0.1, 0.15) is 18.6 Å². The van der Waals surface area contributed by atoms with Crippen molar-refractivity contribution in [3.05, 3.63) is 42.5 Å². The molecule has 0 aliphatic heterocycles. The zero-order valence-electron chi connectivity index (χ0n) is 9.85. The molecule has 0 aliphatic carbocycles. The monoisotopic (exact) mass is 235 g/mol. The van der Waals surface area contributed by atoms with E-state index < -0.39 is 6.10 Å². The molecule has 2 N–H and O–H groups in total. The molecule has 1 aromatic carbocycles. The highest BCUT2D eigenvalue weighted by atomic mass is 16.5. The van der Waals surface area contributed by atoms with Crippen molar-refractivity contribution in [2.75, 3.05) is 13.2 Å². The molecule has 1 unspecified atom stereocenters. The molecule has 0 aliphatic rings. The van der Waals surface area contributed by atoms with Crippen molar-refractivity contribution in [2.24, 2.45) is 0 Å². The predicted octanol–water partition coefficient (Wildman–Crippen LogP) is 1.42. The zero-order chi connectivity index (χ0) is 12.7. The second-order valence-electron chi connectivity index (χ2n) is 3.63. The molecular weight excluding hydrogens is 218 g/mol. The molecule has 1 atom stereocenters.